The van der Waals surface area contributed by atoms with Crippen LogP contribution in [-0.2, 0) is 23.6 Å². The van der Waals surface area contributed by atoms with Gasteiger partial charge in [-0.2, -0.15) is 13.5 Å². The van der Waals surface area contributed by atoms with E-state index in [1.807, 2.05) is 66.7 Å². The first-order chi connectivity index (χ1) is 16.1. The van der Waals surface area contributed by atoms with Crippen LogP contribution in [0.5, 0.6) is 0 Å². The molecule has 1 aromatic carbocycles. The first-order valence-electron chi connectivity index (χ1n) is 12.0. The van der Waals surface area contributed by atoms with Crippen LogP contribution in [0.4, 0.5) is 4.79 Å². The summed E-state index contributed by atoms with van der Waals surface area (Å²) in [5.41, 5.74) is 1.28. The van der Waals surface area contributed by atoms with E-state index in [0.717, 1.165) is 22.6 Å². The number of hydroxylamine groups is 2. The fourth-order valence-electron chi connectivity index (χ4n) is 5.14. The summed E-state index contributed by atoms with van der Waals surface area (Å²) in [6.07, 6.45) is 2.00. The van der Waals surface area contributed by atoms with Gasteiger partial charge in [0.15, 0.2) is 0 Å². The van der Waals surface area contributed by atoms with Gasteiger partial charge in [0.25, 0.3) is 0 Å². The van der Waals surface area contributed by atoms with Crippen molar-refractivity contribution < 1.29 is 31.2 Å². The number of piperidine rings is 1. The number of aryl methyl sites for hydroxylation is 2. The van der Waals surface area contributed by atoms with Crippen molar-refractivity contribution in [3.63, 3.8) is 0 Å². The number of hydrogen-bond donors (Lipinski definition) is 0. The number of hydrogen-bond acceptors (Lipinski definition) is 7. The summed E-state index contributed by atoms with van der Waals surface area (Å²) >= 11 is 0. The molecule has 0 spiro atoms. The molecule has 2 fully saturated rings. The van der Waals surface area contributed by atoms with Gasteiger partial charge in [0.1, 0.15) is 0 Å². The van der Waals surface area contributed by atoms with Crippen molar-refractivity contribution in [3.05, 3.63) is 34.9 Å². The SMILES string of the molecule is Cc1cccc(C)c1C(=O)OCC(C)(C)CC(C)(C)COS(=O)(=O)ON1C(=O)N2C[C@H]1CC[C@H]2C. The predicted octanol–water partition coefficient (Wildman–Crippen LogP) is 4.38. The molecule has 3 rings (SSSR count). The van der Waals surface area contributed by atoms with Gasteiger partial charge >= 0.3 is 22.4 Å². The number of esters is 1. The van der Waals surface area contributed by atoms with Crippen molar-refractivity contribution >= 4 is 22.4 Å². The van der Waals surface area contributed by atoms with Crippen LogP contribution in [0.3, 0.4) is 0 Å². The van der Waals surface area contributed by atoms with Gasteiger partial charge in [-0.25, -0.2) is 13.8 Å². The van der Waals surface area contributed by atoms with Gasteiger partial charge in [-0.05, 0) is 62.0 Å². The highest BCUT2D eigenvalue weighted by Crippen LogP contribution is 2.36. The molecule has 2 atom stereocenters. The zero-order valence-corrected chi connectivity index (χ0v) is 22.6. The molecular formula is C25H38N2O7S. The Morgan fingerprint density at radius 3 is 2.26 bits per heavy atom. The molecule has 196 valence electrons. The zero-order chi connectivity index (χ0) is 26.2. The van der Waals surface area contributed by atoms with Gasteiger partial charge < -0.3 is 9.64 Å². The van der Waals surface area contributed by atoms with Gasteiger partial charge in [0.05, 0.1) is 24.8 Å². The van der Waals surface area contributed by atoms with E-state index in [4.69, 9.17) is 13.2 Å². The van der Waals surface area contributed by atoms with Crippen molar-refractivity contribution in [2.24, 2.45) is 10.8 Å². The van der Waals surface area contributed by atoms with E-state index in [0.29, 0.717) is 24.9 Å². The van der Waals surface area contributed by atoms with Crippen LogP contribution in [0.25, 0.3) is 0 Å². The van der Waals surface area contributed by atoms with Crippen LogP contribution in [0, 0.1) is 24.7 Å². The molecular weight excluding hydrogens is 472 g/mol. The van der Waals surface area contributed by atoms with Crippen LogP contribution in [-0.4, -0.2) is 62.2 Å². The summed E-state index contributed by atoms with van der Waals surface area (Å²) < 4.78 is 40.9. The number of benzene rings is 1. The van der Waals surface area contributed by atoms with Gasteiger partial charge in [-0.15, -0.1) is 4.28 Å². The second-order valence-electron chi connectivity index (χ2n) is 11.4. The number of carbonyl (C=O) groups is 2. The molecule has 0 unspecified atom stereocenters. The third-order valence-corrected chi connectivity index (χ3v) is 7.37. The molecule has 35 heavy (non-hydrogen) atoms. The molecule has 9 nitrogen and oxygen atoms in total. The number of nitrogens with zero attached hydrogens (tertiary/aromatic N) is 2. The quantitative estimate of drug-likeness (QED) is 0.430. The Hall–Kier alpha value is -2.17. The maximum absolute atomic E-state index is 12.7. The Labute approximate surface area is 209 Å². The average molecular weight is 511 g/mol. The molecule has 0 saturated carbocycles. The summed E-state index contributed by atoms with van der Waals surface area (Å²) in [5.74, 6) is -0.371. The first-order valence-corrected chi connectivity index (χ1v) is 13.4. The Morgan fingerprint density at radius 2 is 1.66 bits per heavy atom. The molecule has 0 aliphatic carbocycles. The topological polar surface area (TPSA) is 102 Å². The van der Waals surface area contributed by atoms with Crippen molar-refractivity contribution in [3.8, 4) is 0 Å². The molecule has 2 aliphatic heterocycles. The highest BCUT2D eigenvalue weighted by molar-refractivity contribution is 7.81. The van der Waals surface area contributed by atoms with Gasteiger partial charge in [-0.1, -0.05) is 45.9 Å². The highest BCUT2D eigenvalue weighted by Gasteiger charge is 2.46. The summed E-state index contributed by atoms with van der Waals surface area (Å²) in [6, 6.07) is 4.96. The molecule has 2 bridgehead atoms. The van der Waals surface area contributed by atoms with E-state index in [2.05, 4.69) is 0 Å². The second kappa shape index (κ2) is 10.1. The maximum Gasteiger partial charge on any atom is 0.421 e. The molecule has 10 heteroatoms. The van der Waals surface area contributed by atoms with Gasteiger partial charge in [0, 0.05) is 12.6 Å². The number of fused-ring (bicyclic) bond motifs is 2. The molecule has 2 amide bonds. The monoisotopic (exact) mass is 510 g/mol. The normalized spacial score (nSPS) is 20.9. The smallest absolute Gasteiger partial charge is 0.421 e. The number of rotatable bonds is 10. The van der Waals surface area contributed by atoms with Crippen LogP contribution < -0.4 is 0 Å². The highest BCUT2D eigenvalue weighted by atomic mass is 32.3. The maximum atomic E-state index is 12.7. The number of amides is 2. The lowest BCUT2D eigenvalue weighted by molar-refractivity contribution is -0.0414. The standard InChI is InChI=1S/C25H38N2O7S/c1-17-9-8-10-18(2)21(17)22(28)32-15-24(4,5)14-25(6,7)16-33-35(30,31)34-27-20-12-11-19(3)26(13-20)23(27)29/h8-10,19-20H,11-16H2,1-7H3/t19-,20-/m1/s1. The third-order valence-electron chi connectivity index (χ3n) is 6.62. The average Bonchev–Trinajstić information content (AvgIpc) is 2.99. The van der Waals surface area contributed by atoms with E-state index < -0.39 is 27.3 Å². The lowest BCUT2D eigenvalue weighted by atomic mass is 9.76. The zero-order valence-electron chi connectivity index (χ0n) is 21.8. The largest absolute Gasteiger partial charge is 0.462 e. The minimum atomic E-state index is -4.42. The van der Waals surface area contributed by atoms with Crippen molar-refractivity contribution in [1.82, 2.24) is 9.96 Å². The fraction of sp³-hybridized carbons (Fsp3) is 0.680. The summed E-state index contributed by atoms with van der Waals surface area (Å²) in [5, 5.41) is 0.933. The second-order valence-corrected chi connectivity index (χ2v) is 12.6. The molecule has 2 saturated heterocycles. The fourth-order valence-corrected chi connectivity index (χ4v) is 6.03. The number of urea groups is 1. The van der Waals surface area contributed by atoms with Crippen LogP contribution >= 0.6 is 0 Å². The Kier molecular flexibility index (Phi) is 7.88. The van der Waals surface area contributed by atoms with Crippen molar-refractivity contribution in [2.75, 3.05) is 19.8 Å². The minimum absolute atomic E-state index is 0.0564. The lowest BCUT2D eigenvalue weighted by Gasteiger charge is -2.34. The Morgan fingerprint density at radius 1 is 1.06 bits per heavy atom. The predicted molar refractivity (Wildman–Crippen MR) is 131 cm³/mol. The summed E-state index contributed by atoms with van der Waals surface area (Å²) in [7, 11) is -4.42. The summed E-state index contributed by atoms with van der Waals surface area (Å²) in [4.78, 5) is 26.8. The van der Waals surface area contributed by atoms with E-state index in [1.54, 1.807) is 4.90 Å². The van der Waals surface area contributed by atoms with Gasteiger partial charge in [-0.3, -0.25) is 0 Å². The Balaban J connectivity index is 1.53. The number of ether oxygens (including phenoxy) is 1. The molecule has 0 radical (unpaired) electrons. The first kappa shape index (κ1) is 27.4. The van der Waals surface area contributed by atoms with Crippen LogP contribution in [0.15, 0.2) is 18.2 Å². The third kappa shape index (κ3) is 6.74. The molecule has 2 aliphatic rings. The lowest BCUT2D eigenvalue weighted by Crippen LogP contribution is -2.38. The van der Waals surface area contributed by atoms with Gasteiger partial charge in [0.2, 0.25) is 0 Å². The van der Waals surface area contributed by atoms with Crippen molar-refractivity contribution in [1.29, 1.82) is 0 Å². The van der Waals surface area contributed by atoms with E-state index in [-0.39, 0.29) is 31.3 Å². The van der Waals surface area contributed by atoms with Crippen LogP contribution in [0.2, 0.25) is 0 Å². The van der Waals surface area contributed by atoms with E-state index in [1.165, 1.54) is 0 Å². The van der Waals surface area contributed by atoms with E-state index in [9.17, 15) is 18.0 Å². The van der Waals surface area contributed by atoms with Crippen LogP contribution in [0.1, 0.15) is 75.4 Å². The molecule has 1 aromatic rings. The molecule has 0 N–H and O–H groups in total. The molecule has 2 heterocycles. The van der Waals surface area contributed by atoms with Crippen molar-refractivity contribution in [2.45, 2.75) is 79.8 Å². The van der Waals surface area contributed by atoms with E-state index >= 15 is 0 Å². The summed E-state index contributed by atoms with van der Waals surface area (Å²) in [6.45, 7) is 13.8. The number of carbonyl (C=O) groups excluding carboxylic acids is 2. The Bertz CT molecular complexity index is 1050. The molecule has 0 aromatic heterocycles. The minimum Gasteiger partial charge on any atom is -0.462 e.